The standard InChI is InChI=1S/C13H19ClN2O4S/c1-16-5-6-20-10(9-16)8-15-21(17,18)11-3-4-13(19-2)12(14)7-11/h3-4,7,10,15H,5-6,8-9H2,1-2H3. The second-order valence-corrected chi connectivity index (χ2v) is 7.08. The van der Waals surface area contributed by atoms with Gasteiger partial charge in [0.1, 0.15) is 5.75 Å². The summed E-state index contributed by atoms with van der Waals surface area (Å²) in [5.74, 6) is 0.438. The van der Waals surface area contributed by atoms with Gasteiger partial charge in [-0.1, -0.05) is 11.6 Å². The lowest BCUT2D eigenvalue weighted by Gasteiger charge is -2.30. The molecule has 1 aromatic rings. The van der Waals surface area contributed by atoms with Gasteiger partial charge < -0.3 is 14.4 Å². The first-order valence-corrected chi connectivity index (χ1v) is 8.42. The lowest BCUT2D eigenvalue weighted by Crippen LogP contribution is -2.45. The Labute approximate surface area is 130 Å². The first-order valence-electron chi connectivity index (χ1n) is 6.56. The number of hydrogen-bond acceptors (Lipinski definition) is 5. The Morgan fingerprint density at radius 1 is 1.52 bits per heavy atom. The van der Waals surface area contributed by atoms with Gasteiger partial charge in [0, 0.05) is 19.6 Å². The Hall–Kier alpha value is -0.860. The van der Waals surface area contributed by atoms with Crippen LogP contribution in [0.25, 0.3) is 0 Å². The molecule has 0 radical (unpaired) electrons. The largest absolute Gasteiger partial charge is 0.495 e. The minimum atomic E-state index is -3.61. The molecular formula is C13H19ClN2O4S. The van der Waals surface area contributed by atoms with Crippen molar-refractivity contribution in [3.63, 3.8) is 0 Å². The molecule has 1 aromatic carbocycles. The molecule has 1 unspecified atom stereocenters. The molecule has 1 N–H and O–H groups in total. The van der Waals surface area contributed by atoms with Crippen LogP contribution in [0.2, 0.25) is 5.02 Å². The molecule has 1 saturated heterocycles. The minimum Gasteiger partial charge on any atom is -0.495 e. The predicted octanol–water partition coefficient (Wildman–Crippen LogP) is 0.958. The van der Waals surface area contributed by atoms with Gasteiger partial charge in [0.05, 0.1) is 29.7 Å². The van der Waals surface area contributed by atoms with Crippen LogP contribution in [0.15, 0.2) is 23.1 Å². The zero-order valence-corrected chi connectivity index (χ0v) is 13.6. The average Bonchev–Trinajstić information content (AvgIpc) is 2.45. The van der Waals surface area contributed by atoms with E-state index < -0.39 is 10.0 Å². The smallest absolute Gasteiger partial charge is 0.240 e. The van der Waals surface area contributed by atoms with Gasteiger partial charge in [-0.15, -0.1) is 0 Å². The maximum Gasteiger partial charge on any atom is 0.240 e. The van der Waals surface area contributed by atoms with E-state index in [9.17, 15) is 8.42 Å². The third kappa shape index (κ3) is 4.31. The highest BCUT2D eigenvalue weighted by Gasteiger charge is 2.21. The van der Waals surface area contributed by atoms with Crippen LogP contribution in [-0.2, 0) is 14.8 Å². The Bertz CT molecular complexity index is 594. The summed E-state index contributed by atoms with van der Waals surface area (Å²) in [7, 11) is -0.157. The zero-order valence-electron chi connectivity index (χ0n) is 12.0. The van der Waals surface area contributed by atoms with E-state index in [-0.39, 0.29) is 22.6 Å². The summed E-state index contributed by atoms with van der Waals surface area (Å²) < 4.78 is 37.5. The Kier molecular flexibility index (Phi) is 5.45. The number of sulfonamides is 1. The molecule has 0 bridgehead atoms. The van der Waals surface area contributed by atoms with Crippen LogP contribution in [0.4, 0.5) is 0 Å². The first-order chi connectivity index (χ1) is 9.92. The summed E-state index contributed by atoms with van der Waals surface area (Å²) in [5.41, 5.74) is 0. The Morgan fingerprint density at radius 3 is 2.90 bits per heavy atom. The number of halogens is 1. The van der Waals surface area contributed by atoms with Gasteiger partial charge in [0.15, 0.2) is 0 Å². The number of nitrogens with one attached hydrogen (secondary N) is 1. The van der Waals surface area contributed by atoms with Gasteiger partial charge in [-0.2, -0.15) is 0 Å². The monoisotopic (exact) mass is 334 g/mol. The normalized spacial score (nSPS) is 20.4. The van der Waals surface area contributed by atoms with Gasteiger partial charge >= 0.3 is 0 Å². The third-order valence-electron chi connectivity index (χ3n) is 3.28. The fraction of sp³-hybridized carbons (Fsp3) is 0.538. The highest BCUT2D eigenvalue weighted by Crippen LogP contribution is 2.26. The van der Waals surface area contributed by atoms with Crippen molar-refractivity contribution in [1.29, 1.82) is 0 Å². The number of methoxy groups -OCH3 is 1. The number of hydrogen-bond donors (Lipinski definition) is 1. The number of ether oxygens (including phenoxy) is 2. The highest BCUT2D eigenvalue weighted by atomic mass is 35.5. The fourth-order valence-corrected chi connectivity index (χ4v) is 3.51. The number of likely N-dealkylation sites (N-methyl/N-ethyl adjacent to an activating group) is 1. The van der Waals surface area contributed by atoms with Crippen LogP contribution in [-0.4, -0.2) is 59.8 Å². The zero-order chi connectivity index (χ0) is 15.5. The van der Waals surface area contributed by atoms with E-state index in [1.807, 2.05) is 7.05 Å². The number of rotatable bonds is 5. The van der Waals surface area contributed by atoms with Gasteiger partial charge in [-0.05, 0) is 25.2 Å². The van der Waals surface area contributed by atoms with Crippen molar-refractivity contribution in [2.24, 2.45) is 0 Å². The fourth-order valence-electron chi connectivity index (χ4n) is 2.09. The van der Waals surface area contributed by atoms with Crippen molar-refractivity contribution in [3.8, 4) is 5.75 Å². The molecule has 2 rings (SSSR count). The molecule has 1 aliphatic heterocycles. The van der Waals surface area contributed by atoms with Crippen LogP contribution < -0.4 is 9.46 Å². The highest BCUT2D eigenvalue weighted by molar-refractivity contribution is 7.89. The molecule has 1 aliphatic rings. The van der Waals surface area contributed by atoms with Crippen LogP contribution in [0.3, 0.4) is 0 Å². The van der Waals surface area contributed by atoms with Crippen molar-refractivity contribution in [2.45, 2.75) is 11.0 Å². The third-order valence-corrected chi connectivity index (χ3v) is 4.99. The van der Waals surface area contributed by atoms with Crippen molar-refractivity contribution in [2.75, 3.05) is 40.4 Å². The molecule has 0 spiro atoms. The van der Waals surface area contributed by atoms with Crippen LogP contribution >= 0.6 is 11.6 Å². The van der Waals surface area contributed by atoms with Gasteiger partial charge in [-0.25, -0.2) is 13.1 Å². The summed E-state index contributed by atoms with van der Waals surface area (Å²) in [4.78, 5) is 2.21. The summed E-state index contributed by atoms with van der Waals surface area (Å²) in [6.45, 7) is 2.40. The molecule has 118 valence electrons. The van der Waals surface area contributed by atoms with E-state index in [4.69, 9.17) is 21.1 Å². The van der Waals surface area contributed by atoms with Crippen LogP contribution in [0, 0.1) is 0 Å². The van der Waals surface area contributed by atoms with Gasteiger partial charge in [0.2, 0.25) is 10.0 Å². The van der Waals surface area contributed by atoms with E-state index in [0.29, 0.717) is 18.9 Å². The average molecular weight is 335 g/mol. The topological polar surface area (TPSA) is 67.9 Å². The summed E-state index contributed by atoms with van der Waals surface area (Å²) in [6, 6.07) is 4.36. The summed E-state index contributed by atoms with van der Waals surface area (Å²) >= 11 is 5.95. The number of nitrogens with zero attached hydrogens (tertiary/aromatic N) is 1. The molecule has 1 atom stereocenters. The first kappa shape index (κ1) is 16.5. The SMILES string of the molecule is COc1ccc(S(=O)(=O)NCC2CN(C)CCO2)cc1Cl. The molecular weight excluding hydrogens is 316 g/mol. The molecule has 6 nitrogen and oxygen atoms in total. The Balaban J connectivity index is 2.02. The van der Waals surface area contributed by atoms with Crippen LogP contribution in [0.5, 0.6) is 5.75 Å². The molecule has 0 amide bonds. The summed E-state index contributed by atoms with van der Waals surface area (Å²) in [6.07, 6.45) is -0.146. The molecule has 0 aromatic heterocycles. The van der Waals surface area contributed by atoms with Crippen molar-refractivity contribution < 1.29 is 17.9 Å². The van der Waals surface area contributed by atoms with Crippen LogP contribution in [0.1, 0.15) is 0 Å². The molecule has 1 fully saturated rings. The second kappa shape index (κ2) is 6.93. The number of benzene rings is 1. The van der Waals surface area contributed by atoms with Gasteiger partial charge in [0.25, 0.3) is 0 Å². The van der Waals surface area contributed by atoms with E-state index >= 15 is 0 Å². The molecule has 1 heterocycles. The van der Waals surface area contributed by atoms with Crippen molar-refractivity contribution in [3.05, 3.63) is 23.2 Å². The lowest BCUT2D eigenvalue weighted by molar-refractivity contribution is -0.0156. The quantitative estimate of drug-likeness (QED) is 0.868. The van der Waals surface area contributed by atoms with E-state index in [1.165, 1.54) is 25.3 Å². The maximum absolute atomic E-state index is 12.2. The van der Waals surface area contributed by atoms with E-state index in [0.717, 1.165) is 6.54 Å². The predicted molar refractivity (Wildman–Crippen MR) is 80.4 cm³/mol. The molecule has 0 saturated carbocycles. The molecule has 0 aliphatic carbocycles. The van der Waals surface area contributed by atoms with Crippen molar-refractivity contribution in [1.82, 2.24) is 9.62 Å². The van der Waals surface area contributed by atoms with E-state index in [1.54, 1.807) is 0 Å². The minimum absolute atomic E-state index is 0.109. The molecule has 21 heavy (non-hydrogen) atoms. The second-order valence-electron chi connectivity index (χ2n) is 4.90. The lowest BCUT2D eigenvalue weighted by atomic mass is 10.3. The summed E-state index contributed by atoms with van der Waals surface area (Å²) in [5, 5.41) is 0.258. The number of morpholine rings is 1. The van der Waals surface area contributed by atoms with E-state index in [2.05, 4.69) is 9.62 Å². The van der Waals surface area contributed by atoms with Crippen molar-refractivity contribution >= 4 is 21.6 Å². The molecule has 8 heteroatoms. The maximum atomic E-state index is 12.2. The Morgan fingerprint density at radius 2 is 2.29 bits per heavy atom. The van der Waals surface area contributed by atoms with Gasteiger partial charge in [-0.3, -0.25) is 0 Å².